The van der Waals surface area contributed by atoms with Crippen molar-refractivity contribution in [3.05, 3.63) is 39.2 Å². The largest absolute Gasteiger partial charge is 0.289 e. The number of sulfone groups is 1. The average molecular weight is 418 g/mol. The van der Waals surface area contributed by atoms with Crippen LogP contribution in [-0.4, -0.2) is 41.1 Å². The van der Waals surface area contributed by atoms with Crippen LogP contribution < -0.4 is 0 Å². The van der Waals surface area contributed by atoms with Crippen LogP contribution in [0.4, 0.5) is 0 Å². The third-order valence-electron chi connectivity index (χ3n) is 3.54. The minimum absolute atomic E-state index is 0.00358. The molecule has 0 aliphatic carbocycles. The summed E-state index contributed by atoms with van der Waals surface area (Å²) in [6.07, 6.45) is 2.24. The van der Waals surface area contributed by atoms with Crippen LogP contribution >= 0.6 is 39.9 Å². The first-order valence-electron chi connectivity index (χ1n) is 6.59. The molecular formula is C14H12BrNO3S3. The Labute approximate surface area is 147 Å². The van der Waals surface area contributed by atoms with Gasteiger partial charge in [0.25, 0.3) is 5.91 Å². The smallest absolute Gasteiger partial charge is 0.266 e. The quantitative estimate of drug-likeness (QED) is 0.546. The minimum atomic E-state index is -3.05. The van der Waals surface area contributed by atoms with Gasteiger partial charge in [-0.15, -0.1) is 0 Å². The summed E-state index contributed by atoms with van der Waals surface area (Å²) in [4.78, 5) is 14.5. The molecular weight excluding hydrogens is 406 g/mol. The molecule has 8 heteroatoms. The lowest BCUT2D eigenvalue weighted by atomic mass is 10.2. The van der Waals surface area contributed by atoms with E-state index in [2.05, 4.69) is 15.9 Å². The van der Waals surface area contributed by atoms with Crippen molar-refractivity contribution in [1.29, 1.82) is 0 Å². The Morgan fingerprint density at radius 2 is 2.18 bits per heavy atom. The fraction of sp³-hybridized carbons (Fsp3) is 0.286. The van der Waals surface area contributed by atoms with Gasteiger partial charge in [-0.2, -0.15) is 0 Å². The summed E-state index contributed by atoms with van der Waals surface area (Å²) in [6.45, 7) is 0. The molecule has 0 bridgehead atoms. The molecule has 0 saturated carbocycles. The van der Waals surface area contributed by atoms with Crippen LogP contribution in [0.1, 0.15) is 12.0 Å². The molecule has 1 amide bonds. The van der Waals surface area contributed by atoms with Crippen molar-refractivity contribution in [2.45, 2.75) is 12.5 Å². The molecule has 116 valence electrons. The third kappa shape index (κ3) is 3.29. The first-order valence-corrected chi connectivity index (χ1v) is 10.4. The second kappa shape index (κ2) is 6.07. The second-order valence-corrected chi connectivity index (χ2v) is 9.98. The number of carbonyl (C=O) groups is 1. The van der Waals surface area contributed by atoms with E-state index in [-0.39, 0.29) is 23.5 Å². The lowest BCUT2D eigenvalue weighted by molar-refractivity contribution is -0.123. The van der Waals surface area contributed by atoms with Gasteiger partial charge >= 0.3 is 0 Å². The van der Waals surface area contributed by atoms with Crippen molar-refractivity contribution in [1.82, 2.24) is 4.90 Å². The van der Waals surface area contributed by atoms with Gasteiger partial charge in [0.05, 0.1) is 22.5 Å². The fourth-order valence-corrected chi connectivity index (χ4v) is 6.04. The molecule has 0 unspecified atom stereocenters. The molecule has 3 rings (SSSR count). The van der Waals surface area contributed by atoms with Gasteiger partial charge in [0.15, 0.2) is 9.84 Å². The number of amides is 1. The van der Waals surface area contributed by atoms with Crippen LogP contribution in [0.25, 0.3) is 6.08 Å². The van der Waals surface area contributed by atoms with Gasteiger partial charge in [-0.1, -0.05) is 52.0 Å². The number of nitrogens with zero attached hydrogens (tertiary/aromatic N) is 1. The summed E-state index contributed by atoms with van der Waals surface area (Å²) in [5, 5.41) is 0. The molecule has 1 atom stereocenters. The zero-order chi connectivity index (χ0) is 15.9. The lowest BCUT2D eigenvalue weighted by Crippen LogP contribution is -2.39. The number of thiocarbonyl (C=S) groups is 1. The number of thioether (sulfide) groups is 1. The predicted molar refractivity (Wildman–Crippen MR) is 96.2 cm³/mol. The second-order valence-electron chi connectivity index (χ2n) is 5.16. The highest BCUT2D eigenvalue weighted by molar-refractivity contribution is 9.10. The number of halogens is 1. The molecule has 1 aromatic carbocycles. The van der Waals surface area contributed by atoms with Gasteiger partial charge in [0.1, 0.15) is 4.32 Å². The maximum atomic E-state index is 12.5. The van der Waals surface area contributed by atoms with Crippen molar-refractivity contribution < 1.29 is 13.2 Å². The lowest BCUT2D eigenvalue weighted by Gasteiger charge is -2.20. The van der Waals surface area contributed by atoms with E-state index < -0.39 is 9.84 Å². The van der Waals surface area contributed by atoms with Crippen LogP contribution in [0, 0.1) is 0 Å². The predicted octanol–water partition coefficient (Wildman–Crippen LogP) is 2.84. The topological polar surface area (TPSA) is 54.5 Å². The number of rotatable bonds is 2. The Hall–Kier alpha value is -0.700. The van der Waals surface area contributed by atoms with Crippen molar-refractivity contribution in [3.8, 4) is 0 Å². The molecule has 1 aromatic rings. The molecule has 2 heterocycles. The Kier molecular flexibility index (Phi) is 4.46. The van der Waals surface area contributed by atoms with Crippen LogP contribution in [0.5, 0.6) is 0 Å². The first kappa shape index (κ1) is 16.2. The molecule has 0 spiro atoms. The summed E-state index contributed by atoms with van der Waals surface area (Å²) < 4.78 is 24.6. The molecule has 2 aliphatic heterocycles. The average Bonchev–Trinajstić information content (AvgIpc) is 2.90. The van der Waals surface area contributed by atoms with Gasteiger partial charge in [0.2, 0.25) is 0 Å². The normalized spacial score (nSPS) is 26.1. The Morgan fingerprint density at radius 3 is 2.82 bits per heavy atom. The van der Waals surface area contributed by atoms with E-state index in [0.717, 1.165) is 10.0 Å². The standard InChI is InChI=1S/C14H12BrNO3S3/c15-10-3-1-2-9(6-10)7-12-13(17)16(14(20)21-12)11-4-5-22(18,19)8-11/h1-3,6-7,11H,4-5,8H2/b12-7+/t11-/m0/s1. The third-order valence-corrected chi connectivity index (χ3v) is 7.12. The maximum absolute atomic E-state index is 12.5. The highest BCUT2D eigenvalue weighted by Crippen LogP contribution is 2.36. The highest BCUT2D eigenvalue weighted by Gasteiger charge is 2.42. The monoisotopic (exact) mass is 417 g/mol. The molecule has 0 radical (unpaired) electrons. The molecule has 0 aromatic heterocycles. The van der Waals surface area contributed by atoms with E-state index in [1.54, 1.807) is 6.08 Å². The Bertz CT molecular complexity index is 788. The SMILES string of the molecule is O=C1/C(=C\c2cccc(Br)c2)SC(=S)N1[C@H]1CCS(=O)(=O)C1. The van der Waals surface area contributed by atoms with Gasteiger partial charge in [0, 0.05) is 4.47 Å². The number of hydrogen-bond acceptors (Lipinski definition) is 5. The van der Waals surface area contributed by atoms with E-state index in [9.17, 15) is 13.2 Å². The zero-order valence-electron chi connectivity index (χ0n) is 11.4. The van der Waals surface area contributed by atoms with E-state index in [1.807, 2.05) is 24.3 Å². The maximum Gasteiger partial charge on any atom is 0.266 e. The van der Waals surface area contributed by atoms with Gasteiger partial charge in [-0.25, -0.2) is 8.42 Å². The molecule has 2 fully saturated rings. The Morgan fingerprint density at radius 1 is 1.41 bits per heavy atom. The van der Waals surface area contributed by atoms with Crippen molar-refractivity contribution in [2.24, 2.45) is 0 Å². The van der Waals surface area contributed by atoms with Crippen LogP contribution in [0.15, 0.2) is 33.6 Å². The molecule has 4 nitrogen and oxygen atoms in total. The van der Waals surface area contributed by atoms with E-state index in [1.165, 1.54) is 16.7 Å². The summed E-state index contributed by atoms with van der Waals surface area (Å²) in [6, 6.07) is 7.28. The molecule has 0 N–H and O–H groups in total. The fourth-order valence-electron chi connectivity index (χ4n) is 2.52. The summed E-state index contributed by atoms with van der Waals surface area (Å²) in [7, 11) is -3.05. The van der Waals surface area contributed by atoms with Gasteiger partial charge in [-0.3, -0.25) is 9.69 Å². The van der Waals surface area contributed by atoms with E-state index in [4.69, 9.17) is 12.2 Å². The van der Waals surface area contributed by atoms with Gasteiger partial charge < -0.3 is 0 Å². The molecule has 2 aliphatic rings. The first-order chi connectivity index (χ1) is 10.4. The molecule has 2 saturated heterocycles. The number of carbonyl (C=O) groups excluding carboxylic acids is 1. The van der Waals surface area contributed by atoms with E-state index >= 15 is 0 Å². The van der Waals surface area contributed by atoms with Crippen molar-refractivity contribution in [3.63, 3.8) is 0 Å². The molecule has 22 heavy (non-hydrogen) atoms. The number of benzene rings is 1. The zero-order valence-corrected chi connectivity index (χ0v) is 15.4. The Balaban J connectivity index is 1.86. The van der Waals surface area contributed by atoms with Crippen LogP contribution in [-0.2, 0) is 14.6 Å². The van der Waals surface area contributed by atoms with Crippen molar-refractivity contribution in [2.75, 3.05) is 11.5 Å². The minimum Gasteiger partial charge on any atom is -0.289 e. The van der Waals surface area contributed by atoms with Crippen LogP contribution in [0.3, 0.4) is 0 Å². The summed E-state index contributed by atoms with van der Waals surface area (Å²) in [5.74, 6) is -0.0692. The summed E-state index contributed by atoms with van der Waals surface area (Å²) in [5.41, 5.74) is 0.897. The van der Waals surface area contributed by atoms with Gasteiger partial charge in [-0.05, 0) is 30.2 Å². The van der Waals surface area contributed by atoms with E-state index in [0.29, 0.717) is 15.6 Å². The van der Waals surface area contributed by atoms with Crippen molar-refractivity contribution >= 4 is 66.1 Å². The summed E-state index contributed by atoms with van der Waals surface area (Å²) >= 11 is 9.89. The number of hydrogen-bond donors (Lipinski definition) is 0. The highest BCUT2D eigenvalue weighted by atomic mass is 79.9. The van der Waals surface area contributed by atoms with Crippen LogP contribution in [0.2, 0.25) is 0 Å².